The highest BCUT2D eigenvalue weighted by Gasteiger charge is 2.32. The van der Waals surface area contributed by atoms with Crippen LogP contribution in [0.15, 0.2) is 0 Å². The molecule has 13 heavy (non-hydrogen) atoms. The van der Waals surface area contributed by atoms with Crippen molar-refractivity contribution in [1.29, 1.82) is 0 Å². The molecule has 76 valence electrons. The largest absolute Gasteiger partial charge is 0.377 e. The zero-order valence-electron chi connectivity index (χ0n) is 8.67. The molecule has 0 bridgehead atoms. The Balaban J connectivity index is 2.05. The van der Waals surface area contributed by atoms with Crippen LogP contribution in [0, 0.1) is 5.92 Å². The number of ether oxygens (including phenoxy) is 1. The van der Waals surface area contributed by atoms with Gasteiger partial charge in [0.05, 0.1) is 12.7 Å². The summed E-state index contributed by atoms with van der Waals surface area (Å²) in [5.41, 5.74) is 0. The minimum Gasteiger partial charge on any atom is -0.377 e. The van der Waals surface area contributed by atoms with Gasteiger partial charge in [-0.3, -0.25) is 4.79 Å². The van der Waals surface area contributed by atoms with Crippen molar-refractivity contribution in [3.8, 4) is 0 Å². The lowest BCUT2D eigenvalue weighted by atomic mass is 9.80. The zero-order chi connectivity index (χ0) is 9.84. The average Bonchev–Trinajstić information content (AvgIpc) is 2.00. The fraction of sp³-hybridized carbons (Fsp3) is 0.900. The summed E-state index contributed by atoms with van der Waals surface area (Å²) in [4.78, 5) is 10.9. The summed E-state index contributed by atoms with van der Waals surface area (Å²) < 4.78 is 5.60. The Morgan fingerprint density at radius 3 is 2.69 bits per heavy atom. The Morgan fingerprint density at radius 1 is 1.62 bits per heavy atom. The van der Waals surface area contributed by atoms with E-state index in [1.54, 1.807) is 6.92 Å². The number of likely N-dealkylation sites (N-methyl/N-ethyl adjacent to an activating group) is 1. The van der Waals surface area contributed by atoms with Crippen molar-refractivity contribution in [2.45, 2.75) is 38.8 Å². The van der Waals surface area contributed by atoms with Crippen LogP contribution in [0.3, 0.4) is 0 Å². The summed E-state index contributed by atoms with van der Waals surface area (Å²) >= 11 is 0. The van der Waals surface area contributed by atoms with Crippen LogP contribution >= 0.6 is 0 Å². The van der Waals surface area contributed by atoms with E-state index in [9.17, 15) is 4.79 Å². The maximum atomic E-state index is 10.9. The second kappa shape index (κ2) is 4.72. The molecule has 0 aromatic carbocycles. The summed E-state index contributed by atoms with van der Waals surface area (Å²) in [6, 6.07) is 0.399. The summed E-state index contributed by atoms with van der Waals surface area (Å²) in [5, 5.41) is 3.11. The lowest BCUT2D eigenvalue weighted by Gasteiger charge is -2.34. The Bertz CT molecular complexity index is 176. The predicted molar refractivity (Wildman–Crippen MR) is 51.7 cm³/mol. The van der Waals surface area contributed by atoms with Crippen molar-refractivity contribution in [3.05, 3.63) is 0 Å². The van der Waals surface area contributed by atoms with Crippen molar-refractivity contribution < 1.29 is 9.53 Å². The van der Waals surface area contributed by atoms with Crippen molar-refractivity contribution in [2.24, 2.45) is 5.92 Å². The first kappa shape index (κ1) is 10.7. The first-order valence-electron chi connectivity index (χ1n) is 4.92. The minimum absolute atomic E-state index is 0.273. The number of nitrogens with one attached hydrogen (secondary N) is 1. The quantitative estimate of drug-likeness (QED) is 0.694. The highest BCUT2D eigenvalue weighted by Crippen LogP contribution is 2.30. The van der Waals surface area contributed by atoms with Crippen LogP contribution in [0.5, 0.6) is 0 Å². The van der Waals surface area contributed by atoms with Gasteiger partial charge in [0.15, 0.2) is 0 Å². The molecule has 0 heterocycles. The molecule has 0 unspecified atom stereocenters. The van der Waals surface area contributed by atoms with Crippen LogP contribution in [0.2, 0.25) is 0 Å². The van der Waals surface area contributed by atoms with E-state index in [0.717, 1.165) is 19.4 Å². The molecule has 1 rings (SSSR count). The molecule has 1 aliphatic carbocycles. The van der Waals surface area contributed by atoms with Crippen molar-refractivity contribution in [1.82, 2.24) is 5.32 Å². The van der Waals surface area contributed by atoms with Crippen LogP contribution in [0.1, 0.15) is 26.7 Å². The molecule has 1 atom stereocenters. The third-order valence-electron chi connectivity index (χ3n) is 2.74. The van der Waals surface area contributed by atoms with Gasteiger partial charge in [0.2, 0.25) is 0 Å². The third kappa shape index (κ3) is 3.08. The highest BCUT2D eigenvalue weighted by atomic mass is 16.5. The molecule has 1 saturated carbocycles. The van der Waals surface area contributed by atoms with E-state index in [0.29, 0.717) is 17.9 Å². The number of rotatable bonds is 5. The number of hydrogen-bond acceptors (Lipinski definition) is 3. The fourth-order valence-corrected chi connectivity index (χ4v) is 1.40. The molecular formula is C10H19NO2. The van der Waals surface area contributed by atoms with Crippen molar-refractivity contribution >= 4 is 5.78 Å². The van der Waals surface area contributed by atoms with Crippen LogP contribution in [0.4, 0.5) is 0 Å². The molecule has 1 N–H and O–H groups in total. The number of hydrogen-bond donors (Lipinski definition) is 1. The minimum atomic E-state index is 0.273. The first-order valence-corrected chi connectivity index (χ1v) is 4.92. The van der Waals surface area contributed by atoms with E-state index in [2.05, 4.69) is 12.2 Å². The van der Waals surface area contributed by atoms with Crippen molar-refractivity contribution in [2.75, 3.05) is 13.7 Å². The zero-order valence-corrected chi connectivity index (χ0v) is 8.67. The van der Waals surface area contributed by atoms with Gasteiger partial charge in [0.25, 0.3) is 0 Å². The van der Waals surface area contributed by atoms with Gasteiger partial charge in [-0.25, -0.2) is 0 Å². The summed E-state index contributed by atoms with van der Waals surface area (Å²) in [6.45, 7) is 4.49. The molecule has 3 nitrogen and oxygen atoms in total. The third-order valence-corrected chi connectivity index (χ3v) is 2.74. The fourth-order valence-electron chi connectivity index (χ4n) is 1.40. The predicted octanol–water partition coefficient (Wildman–Crippen LogP) is 0.978. The monoisotopic (exact) mass is 185 g/mol. The molecule has 0 amide bonds. The van der Waals surface area contributed by atoms with Gasteiger partial charge in [0.1, 0.15) is 5.78 Å². The Hall–Kier alpha value is -0.410. The lowest BCUT2D eigenvalue weighted by Crippen LogP contribution is -2.38. The lowest BCUT2D eigenvalue weighted by molar-refractivity contribution is -0.129. The Labute approximate surface area is 79.8 Å². The standard InChI is InChI=1S/C10H19NO2/c1-7(11-3)6-13-10-4-9(5-10)8(2)12/h7,9-11H,4-6H2,1-3H3/t7-,9?,10?/m0/s1. The molecule has 0 aromatic rings. The Kier molecular flexibility index (Phi) is 3.88. The van der Waals surface area contributed by atoms with E-state index in [4.69, 9.17) is 4.74 Å². The Morgan fingerprint density at radius 2 is 2.23 bits per heavy atom. The highest BCUT2D eigenvalue weighted by molar-refractivity contribution is 5.79. The maximum Gasteiger partial charge on any atom is 0.133 e. The first-order chi connectivity index (χ1) is 6.13. The van der Waals surface area contributed by atoms with E-state index in [1.807, 2.05) is 7.05 Å². The van der Waals surface area contributed by atoms with Crippen LogP contribution in [-0.4, -0.2) is 31.6 Å². The maximum absolute atomic E-state index is 10.9. The van der Waals surface area contributed by atoms with E-state index < -0.39 is 0 Å². The number of carbonyl (C=O) groups is 1. The van der Waals surface area contributed by atoms with Gasteiger partial charge in [-0.05, 0) is 33.7 Å². The molecule has 0 spiro atoms. The van der Waals surface area contributed by atoms with Crippen molar-refractivity contribution in [3.63, 3.8) is 0 Å². The molecule has 0 radical (unpaired) electrons. The molecule has 0 saturated heterocycles. The summed E-state index contributed by atoms with van der Waals surface area (Å²) in [7, 11) is 1.92. The van der Waals surface area contributed by atoms with Gasteiger partial charge in [-0.15, -0.1) is 0 Å². The van der Waals surface area contributed by atoms with E-state index in [-0.39, 0.29) is 5.92 Å². The average molecular weight is 185 g/mol. The smallest absolute Gasteiger partial charge is 0.133 e. The topological polar surface area (TPSA) is 38.3 Å². The van der Waals surface area contributed by atoms with Gasteiger partial charge < -0.3 is 10.1 Å². The summed E-state index contributed by atoms with van der Waals surface area (Å²) in [5.74, 6) is 0.580. The molecule has 3 heteroatoms. The number of carbonyl (C=O) groups excluding carboxylic acids is 1. The molecule has 1 fully saturated rings. The second-order valence-corrected chi connectivity index (χ2v) is 3.92. The van der Waals surface area contributed by atoms with Gasteiger partial charge >= 0.3 is 0 Å². The van der Waals surface area contributed by atoms with Gasteiger partial charge in [0, 0.05) is 12.0 Å². The van der Waals surface area contributed by atoms with Crippen LogP contribution in [-0.2, 0) is 9.53 Å². The van der Waals surface area contributed by atoms with E-state index in [1.165, 1.54) is 0 Å². The number of ketones is 1. The molecule has 1 aliphatic rings. The normalized spacial score (nSPS) is 29.5. The molecule has 0 aliphatic heterocycles. The SMILES string of the molecule is CN[C@@H](C)COC1CC(C(C)=O)C1. The number of Topliss-reactive ketones (excluding diaryl/α,β-unsaturated/α-hetero) is 1. The molecule has 0 aromatic heterocycles. The summed E-state index contributed by atoms with van der Waals surface area (Å²) in [6.07, 6.45) is 2.17. The van der Waals surface area contributed by atoms with Gasteiger partial charge in [-0.1, -0.05) is 0 Å². The second-order valence-electron chi connectivity index (χ2n) is 3.92. The van der Waals surface area contributed by atoms with Gasteiger partial charge in [-0.2, -0.15) is 0 Å². The molecular weight excluding hydrogens is 166 g/mol. The van der Waals surface area contributed by atoms with Crippen LogP contribution in [0.25, 0.3) is 0 Å². The van der Waals surface area contributed by atoms with Crippen LogP contribution < -0.4 is 5.32 Å². The van der Waals surface area contributed by atoms with E-state index >= 15 is 0 Å².